The number of rotatable bonds is 3. The number of alkyl halides is 1. The first kappa shape index (κ1) is 9.29. The molecule has 0 aliphatic rings. The van der Waals surface area contributed by atoms with Gasteiger partial charge in [0.1, 0.15) is 0 Å². The highest BCUT2D eigenvalue weighted by Crippen LogP contribution is 2.10. The molecule has 0 saturated heterocycles. The molecule has 0 fully saturated rings. The zero-order chi connectivity index (χ0) is 8.10. The molecule has 0 N–H and O–H groups in total. The second kappa shape index (κ2) is 4.95. The lowest BCUT2D eigenvalue weighted by atomic mass is 10.2. The first-order valence-corrected chi connectivity index (χ1v) is 5.11. The molecule has 0 aliphatic heterocycles. The fourth-order valence-corrected chi connectivity index (χ4v) is 1.08. The summed E-state index contributed by atoms with van der Waals surface area (Å²) < 4.78 is 5.93. The molecule has 0 aliphatic carbocycles. The highest BCUT2D eigenvalue weighted by atomic mass is 127. The van der Waals surface area contributed by atoms with E-state index in [9.17, 15) is 0 Å². The minimum absolute atomic E-state index is 0.667. The molecule has 0 amide bonds. The van der Waals surface area contributed by atoms with Gasteiger partial charge in [0, 0.05) is 5.02 Å². The fraction of sp³-hybridized carbons (Fsp3) is 0.250. The molecule has 1 rings (SSSR count). The normalized spacial score (nSPS) is 10.0. The van der Waals surface area contributed by atoms with Crippen LogP contribution in [0.5, 0.6) is 0 Å². The van der Waals surface area contributed by atoms with Crippen LogP contribution in [-0.2, 0) is 11.3 Å². The Morgan fingerprint density at radius 3 is 2.45 bits per heavy atom. The molecule has 0 aromatic heterocycles. The van der Waals surface area contributed by atoms with E-state index in [1.807, 2.05) is 24.3 Å². The number of ether oxygens (including phenoxy) is 1. The summed E-state index contributed by atoms with van der Waals surface area (Å²) in [6, 6.07) is 7.67. The predicted molar refractivity (Wildman–Crippen MR) is 55.1 cm³/mol. The number of benzene rings is 1. The molecule has 0 bridgehead atoms. The molecule has 0 spiro atoms. The SMILES string of the molecule is Clc1ccc(COCI)cc1. The molecule has 0 atom stereocenters. The Kier molecular flexibility index (Phi) is 4.18. The van der Waals surface area contributed by atoms with Crippen LogP contribution in [0.1, 0.15) is 5.56 Å². The monoisotopic (exact) mass is 282 g/mol. The quantitative estimate of drug-likeness (QED) is 0.611. The second-order valence-corrected chi connectivity index (χ2v) is 3.14. The van der Waals surface area contributed by atoms with Gasteiger partial charge in [-0.25, -0.2) is 0 Å². The molecule has 1 aromatic carbocycles. The van der Waals surface area contributed by atoms with Crippen molar-refractivity contribution < 1.29 is 4.74 Å². The molecule has 0 heterocycles. The van der Waals surface area contributed by atoms with Crippen molar-refractivity contribution in [2.45, 2.75) is 6.61 Å². The van der Waals surface area contributed by atoms with E-state index in [-0.39, 0.29) is 0 Å². The van der Waals surface area contributed by atoms with Crippen LogP contribution in [-0.4, -0.2) is 4.61 Å². The highest BCUT2D eigenvalue weighted by molar-refractivity contribution is 14.1. The lowest BCUT2D eigenvalue weighted by Gasteiger charge is -1.99. The van der Waals surface area contributed by atoms with E-state index in [1.165, 1.54) is 0 Å². The van der Waals surface area contributed by atoms with Crippen molar-refractivity contribution in [1.29, 1.82) is 0 Å². The second-order valence-electron chi connectivity index (χ2n) is 2.08. The summed E-state index contributed by atoms with van der Waals surface area (Å²) in [7, 11) is 0. The van der Waals surface area contributed by atoms with Crippen molar-refractivity contribution in [3.05, 3.63) is 34.9 Å². The van der Waals surface area contributed by atoms with Gasteiger partial charge in [0.25, 0.3) is 0 Å². The summed E-state index contributed by atoms with van der Waals surface area (Å²) in [4.78, 5) is 0. The molecule has 1 aromatic rings. The molecule has 11 heavy (non-hydrogen) atoms. The van der Waals surface area contributed by atoms with Crippen LogP contribution in [0.15, 0.2) is 24.3 Å². The Balaban J connectivity index is 2.52. The van der Waals surface area contributed by atoms with Crippen molar-refractivity contribution in [3.8, 4) is 0 Å². The Hall–Kier alpha value is 0.200. The van der Waals surface area contributed by atoms with E-state index in [0.29, 0.717) is 6.61 Å². The summed E-state index contributed by atoms with van der Waals surface area (Å²) in [5.74, 6) is 0. The van der Waals surface area contributed by atoms with Gasteiger partial charge in [-0.2, -0.15) is 0 Å². The van der Waals surface area contributed by atoms with Crippen molar-refractivity contribution in [3.63, 3.8) is 0 Å². The summed E-state index contributed by atoms with van der Waals surface area (Å²) >= 11 is 7.88. The van der Waals surface area contributed by atoms with Crippen molar-refractivity contribution in [2.75, 3.05) is 4.61 Å². The Morgan fingerprint density at radius 1 is 1.27 bits per heavy atom. The van der Waals surface area contributed by atoms with Gasteiger partial charge in [-0.05, 0) is 17.7 Å². The van der Waals surface area contributed by atoms with Crippen molar-refractivity contribution >= 4 is 34.2 Å². The van der Waals surface area contributed by atoms with Crippen LogP contribution in [0, 0.1) is 0 Å². The molecule has 1 nitrogen and oxygen atoms in total. The van der Waals surface area contributed by atoms with Gasteiger partial charge >= 0.3 is 0 Å². The topological polar surface area (TPSA) is 9.23 Å². The van der Waals surface area contributed by atoms with E-state index < -0.39 is 0 Å². The van der Waals surface area contributed by atoms with E-state index >= 15 is 0 Å². The van der Waals surface area contributed by atoms with Gasteiger partial charge < -0.3 is 4.74 Å². The third-order valence-electron chi connectivity index (χ3n) is 1.26. The molecular formula is C8H8ClIO. The maximum absolute atomic E-state index is 5.70. The van der Waals surface area contributed by atoms with E-state index in [2.05, 4.69) is 22.6 Å². The molecular weight excluding hydrogens is 274 g/mol. The third-order valence-corrected chi connectivity index (χ3v) is 1.95. The van der Waals surface area contributed by atoms with E-state index in [4.69, 9.17) is 16.3 Å². The summed E-state index contributed by atoms with van der Waals surface area (Å²) in [5.41, 5.74) is 1.16. The lowest BCUT2D eigenvalue weighted by molar-refractivity contribution is 0.177. The van der Waals surface area contributed by atoms with E-state index in [1.54, 1.807) is 0 Å². The van der Waals surface area contributed by atoms with Crippen LogP contribution < -0.4 is 0 Å². The van der Waals surface area contributed by atoms with Crippen LogP contribution >= 0.6 is 34.2 Å². The first-order chi connectivity index (χ1) is 5.33. The van der Waals surface area contributed by atoms with Crippen molar-refractivity contribution in [1.82, 2.24) is 0 Å². The Morgan fingerprint density at radius 2 is 1.91 bits per heavy atom. The molecule has 0 unspecified atom stereocenters. The average Bonchev–Trinajstić information content (AvgIpc) is 2.04. The molecule has 0 saturated carbocycles. The minimum Gasteiger partial charge on any atom is -0.366 e. The van der Waals surface area contributed by atoms with Crippen LogP contribution in [0.4, 0.5) is 0 Å². The van der Waals surface area contributed by atoms with Crippen LogP contribution in [0.3, 0.4) is 0 Å². The zero-order valence-corrected chi connectivity index (χ0v) is 8.80. The van der Waals surface area contributed by atoms with Gasteiger partial charge in [0.2, 0.25) is 0 Å². The molecule has 0 radical (unpaired) electrons. The van der Waals surface area contributed by atoms with Gasteiger partial charge in [-0.15, -0.1) is 0 Å². The van der Waals surface area contributed by atoms with Crippen molar-refractivity contribution in [2.24, 2.45) is 0 Å². The summed E-state index contributed by atoms with van der Waals surface area (Å²) in [5, 5.41) is 0.767. The molecule has 60 valence electrons. The first-order valence-electron chi connectivity index (χ1n) is 3.21. The largest absolute Gasteiger partial charge is 0.366 e. The van der Waals surface area contributed by atoms with Gasteiger partial charge in [-0.1, -0.05) is 46.3 Å². The molecule has 3 heteroatoms. The van der Waals surface area contributed by atoms with Crippen LogP contribution in [0.25, 0.3) is 0 Å². The zero-order valence-electron chi connectivity index (χ0n) is 5.89. The smallest absolute Gasteiger partial charge is 0.0983 e. The Labute approximate surface area is 84.8 Å². The predicted octanol–water partition coefficient (Wildman–Crippen LogP) is 3.25. The summed E-state index contributed by atoms with van der Waals surface area (Å²) in [6.07, 6.45) is 0. The third kappa shape index (κ3) is 3.40. The number of hydrogen-bond acceptors (Lipinski definition) is 1. The fourth-order valence-electron chi connectivity index (χ4n) is 0.737. The standard InChI is InChI=1S/C8H8ClIO/c9-8-3-1-7(2-4-8)5-11-6-10/h1-4H,5-6H2. The van der Waals surface area contributed by atoms with Gasteiger partial charge in [-0.3, -0.25) is 0 Å². The van der Waals surface area contributed by atoms with Crippen LogP contribution in [0.2, 0.25) is 5.02 Å². The minimum atomic E-state index is 0.667. The van der Waals surface area contributed by atoms with Gasteiger partial charge in [0.05, 0.1) is 11.2 Å². The summed E-state index contributed by atoms with van der Waals surface area (Å²) in [6.45, 7) is 0.667. The van der Waals surface area contributed by atoms with Gasteiger partial charge in [0.15, 0.2) is 0 Å². The lowest BCUT2D eigenvalue weighted by Crippen LogP contribution is -1.88. The average molecular weight is 283 g/mol. The number of hydrogen-bond donors (Lipinski definition) is 0. The maximum Gasteiger partial charge on any atom is 0.0983 e. The van der Waals surface area contributed by atoms with E-state index in [0.717, 1.165) is 15.2 Å². The Bertz CT molecular complexity index is 210. The number of halogens is 2. The maximum atomic E-state index is 5.70. The highest BCUT2D eigenvalue weighted by Gasteiger charge is 1.91.